The molecule has 2 atom stereocenters. The van der Waals surface area contributed by atoms with Gasteiger partial charge in [0.1, 0.15) is 5.42 Å². The van der Waals surface area contributed by atoms with Crippen LogP contribution in [0.5, 0.6) is 0 Å². The third-order valence-corrected chi connectivity index (χ3v) is 10.6. The molecule has 0 spiro atoms. The summed E-state index contributed by atoms with van der Waals surface area (Å²) in [5.74, 6) is -1.64. The molecule has 0 unspecified atom stereocenters. The number of rotatable bonds is 6. The molecule has 0 bridgehead atoms. The molecule has 1 amide bonds. The van der Waals surface area contributed by atoms with Crippen molar-refractivity contribution in [3.8, 4) is 0 Å². The minimum Gasteiger partial charge on any atom is -0.767 e. The smallest absolute Gasteiger partial charge is 0.767 e. The van der Waals surface area contributed by atoms with Crippen LogP contribution in [0.3, 0.4) is 0 Å². The maximum Gasteiger partial charge on any atom is 1.00 e. The SMILES string of the molecule is CC[C@H]1C(=O)N(C(C(=O)O)=P(c2ccccc2)(c2ccccc2)c2ccccc2)[C@@H]1[S-].[Ag+]. The first kappa shape index (κ1) is 24.6. The second-order valence-electron chi connectivity index (χ2n) is 7.42. The van der Waals surface area contributed by atoms with Gasteiger partial charge < -0.3 is 22.6 Å². The number of likely N-dealkylation sites (tertiary alicyclic amines) is 1. The Bertz CT molecular complexity index is 1050. The minimum absolute atomic E-state index is 0. The maximum atomic E-state index is 13.1. The van der Waals surface area contributed by atoms with Gasteiger partial charge >= 0.3 is 28.3 Å². The van der Waals surface area contributed by atoms with Crippen molar-refractivity contribution in [2.75, 3.05) is 0 Å². The molecular weight excluding hydrogens is 533 g/mol. The molecule has 1 aliphatic heterocycles. The molecule has 1 saturated heterocycles. The molecule has 168 valence electrons. The Hall–Kier alpha value is -2.01. The molecule has 1 N–H and O–H groups in total. The van der Waals surface area contributed by atoms with Gasteiger partial charge in [-0.2, -0.15) is 0 Å². The number of carbonyl (C=O) groups is 2. The Balaban J connectivity index is 0.00000289. The zero-order valence-electron chi connectivity index (χ0n) is 17.4. The zero-order valence-corrected chi connectivity index (χ0v) is 20.6. The predicted octanol–water partition coefficient (Wildman–Crippen LogP) is 2.93. The van der Waals surface area contributed by atoms with Crippen molar-refractivity contribution in [2.45, 2.75) is 18.7 Å². The van der Waals surface area contributed by atoms with Crippen molar-refractivity contribution in [3.05, 3.63) is 91.0 Å². The van der Waals surface area contributed by atoms with Crippen molar-refractivity contribution in [1.82, 2.24) is 4.90 Å². The first-order valence-corrected chi connectivity index (χ1v) is 12.4. The molecule has 1 heterocycles. The summed E-state index contributed by atoms with van der Waals surface area (Å²) < 4.78 is 0. The summed E-state index contributed by atoms with van der Waals surface area (Å²) >= 11 is 5.64. The molecule has 7 heteroatoms. The van der Waals surface area contributed by atoms with Crippen LogP contribution in [0.2, 0.25) is 0 Å². The van der Waals surface area contributed by atoms with Gasteiger partial charge in [0, 0.05) is 12.8 Å². The summed E-state index contributed by atoms with van der Waals surface area (Å²) in [6, 6.07) is 28.9. The molecule has 3 aromatic carbocycles. The van der Waals surface area contributed by atoms with Crippen LogP contribution in [0.1, 0.15) is 13.3 Å². The normalized spacial score (nSPS) is 17.8. The third-order valence-electron chi connectivity index (χ3n) is 5.76. The number of hydrogen-bond donors (Lipinski definition) is 1. The Morgan fingerprint density at radius 1 is 0.875 bits per heavy atom. The standard InChI is InChI=1S/C25H24NO3PS.Ag/c1-2-21-22(27)26(24(21)31)23(25(28)29)30(18-12-6-3-7-13-18,19-14-8-4-9-15-19)20-16-10-5-11-17-20;/h3-17,21,24,31H,2H2,1H3,(H,28,29);/q;+1/p-1/t21-,24+;/m0./s1. The Kier molecular flexibility index (Phi) is 7.92. The molecule has 0 aliphatic carbocycles. The number of aliphatic carboxylic acids is 1. The van der Waals surface area contributed by atoms with Gasteiger partial charge in [0.2, 0.25) is 5.91 Å². The number of β-lactam (4-membered cyclic amide) rings is 1. The second kappa shape index (κ2) is 10.3. The molecule has 32 heavy (non-hydrogen) atoms. The fourth-order valence-corrected chi connectivity index (χ4v) is 9.22. The van der Waals surface area contributed by atoms with E-state index in [4.69, 9.17) is 12.6 Å². The van der Waals surface area contributed by atoms with Crippen molar-refractivity contribution < 1.29 is 37.1 Å². The fourth-order valence-electron chi connectivity index (χ4n) is 4.30. The van der Waals surface area contributed by atoms with Gasteiger partial charge in [-0.3, -0.25) is 4.79 Å². The van der Waals surface area contributed by atoms with Crippen molar-refractivity contribution in [2.24, 2.45) is 5.92 Å². The molecule has 1 aliphatic rings. The molecule has 0 radical (unpaired) electrons. The Labute approximate surface area is 209 Å². The van der Waals surface area contributed by atoms with E-state index in [-0.39, 0.29) is 39.6 Å². The number of amides is 1. The summed E-state index contributed by atoms with van der Waals surface area (Å²) in [5, 5.41) is 12.6. The van der Waals surface area contributed by atoms with E-state index in [9.17, 15) is 14.7 Å². The number of nitrogens with zero attached hydrogens (tertiary/aromatic N) is 1. The van der Waals surface area contributed by atoms with Gasteiger partial charge in [0.05, 0.1) is 0 Å². The molecule has 1 fully saturated rings. The number of carboxylic acids is 1. The summed E-state index contributed by atoms with van der Waals surface area (Å²) in [7, 11) is 0. The molecule has 4 rings (SSSR count). The van der Waals surface area contributed by atoms with Crippen LogP contribution >= 0.6 is 6.89 Å². The summed E-state index contributed by atoms with van der Waals surface area (Å²) in [6.45, 7) is -0.987. The average Bonchev–Trinajstić information content (AvgIpc) is 2.81. The van der Waals surface area contributed by atoms with Crippen LogP contribution < -0.4 is 15.9 Å². The summed E-state index contributed by atoms with van der Waals surface area (Å²) in [4.78, 5) is 27.4. The van der Waals surface area contributed by atoms with E-state index in [1.165, 1.54) is 4.90 Å². The van der Waals surface area contributed by atoms with E-state index in [0.29, 0.717) is 6.42 Å². The quantitative estimate of drug-likeness (QED) is 0.220. The Morgan fingerprint density at radius 2 is 1.25 bits per heavy atom. The van der Waals surface area contributed by atoms with Gasteiger partial charge in [0.15, 0.2) is 0 Å². The van der Waals surface area contributed by atoms with E-state index < -0.39 is 18.2 Å². The van der Waals surface area contributed by atoms with Crippen LogP contribution in [0, 0.1) is 5.92 Å². The summed E-state index contributed by atoms with van der Waals surface area (Å²) in [6.07, 6.45) is 0.601. The van der Waals surface area contributed by atoms with Gasteiger partial charge in [-0.15, -0.1) is 0 Å². The van der Waals surface area contributed by atoms with Crippen molar-refractivity contribution in [3.63, 3.8) is 0 Å². The van der Waals surface area contributed by atoms with Crippen LogP contribution in [0.15, 0.2) is 91.0 Å². The van der Waals surface area contributed by atoms with Crippen LogP contribution in [0.4, 0.5) is 0 Å². The topological polar surface area (TPSA) is 57.6 Å². The average molecular weight is 556 g/mol. The molecule has 3 aromatic rings. The monoisotopic (exact) mass is 555 g/mol. The van der Waals surface area contributed by atoms with Crippen LogP contribution in [0.25, 0.3) is 0 Å². The van der Waals surface area contributed by atoms with Crippen LogP contribution in [-0.2, 0) is 44.6 Å². The van der Waals surface area contributed by atoms with Gasteiger partial charge in [-0.25, -0.2) is 4.79 Å². The molecule has 4 nitrogen and oxygen atoms in total. The summed E-state index contributed by atoms with van der Waals surface area (Å²) in [5.41, 5.74) is 0.0887. The fraction of sp³-hybridized carbons (Fsp3) is 0.160. The van der Waals surface area contributed by atoms with Gasteiger partial charge in [-0.05, 0) is 22.3 Å². The number of benzene rings is 3. The zero-order chi connectivity index (χ0) is 22.0. The van der Waals surface area contributed by atoms with E-state index >= 15 is 0 Å². The maximum absolute atomic E-state index is 13.1. The largest absolute Gasteiger partial charge is 1.00 e. The number of carboxylic acid groups (broad SMARTS) is 1. The third kappa shape index (κ3) is 3.93. The molecular formula is C25H23AgNO3PS. The predicted molar refractivity (Wildman–Crippen MR) is 130 cm³/mol. The number of carbonyl (C=O) groups excluding carboxylic acids is 1. The van der Waals surface area contributed by atoms with E-state index in [1.54, 1.807) is 0 Å². The second-order valence-corrected chi connectivity index (χ2v) is 11.2. The first-order valence-electron chi connectivity index (χ1n) is 10.2. The molecule has 0 aromatic heterocycles. The first-order chi connectivity index (χ1) is 15.0. The number of hydrogen-bond acceptors (Lipinski definition) is 3. The van der Waals surface area contributed by atoms with Gasteiger partial charge in [0.25, 0.3) is 0 Å². The minimum atomic E-state index is -2.90. The van der Waals surface area contributed by atoms with Crippen LogP contribution in [-0.4, -0.2) is 32.7 Å². The van der Waals surface area contributed by atoms with Crippen molar-refractivity contribution >= 4 is 52.7 Å². The van der Waals surface area contributed by atoms with E-state index in [0.717, 1.165) is 15.9 Å². The van der Waals surface area contributed by atoms with E-state index in [1.807, 2.05) is 97.9 Å². The van der Waals surface area contributed by atoms with Gasteiger partial charge in [-0.1, -0.05) is 103 Å². The Morgan fingerprint density at radius 3 is 1.53 bits per heavy atom. The van der Waals surface area contributed by atoms with E-state index in [2.05, 4.69) is 0 Å². The molecule has 0 saturated carbocycles. The van der Waals surface area contributed by atoms with Crippen molar-refractivity contribution in [1.29, 1.82) is 0 Å².